The first-order valence-corrected chi connectivity index (χ1v) is 23.8. The van der Waals surface area contributed by atoms with Crippen LogP contribution < -0.4 is 65.5 Å². The molecule has 0 spiro atoms. The van der Waals surface area contributed by atoms with E-state index in [4.69, 9.17) is 22.9 Å². The van der Waals surface area contributed by atoms with Crippen LogP contribution in [0.15, 0.2) is 4.99 Å². The van der Waals surface area contributed by atoms with E-state index in [-0.39, 0.29) is 49.9 Å². The molecule has 392 valence electrons. The average Bonchev–Trinajstić information content (AvgIpc) is 3.26. The molecule has 69 heavy (non-hydrogen) atoms. The van der Waals surface area contributed by atoms with Crippen LogP contribution in [0, 0.1) is 5.92 Å². The number of hydrogen-bond donors (Lipinski definition) is 18. The molecule has 0 aliphatic rings. The predicted octanol–water partition coefficient (Wildman–Crippen LogP) is -7.29. The zero-order chi connectivity index (χ0) is 53.1. The number of thiol groups is 2. The summed E-state index contributed by atoms with van der Waals surface area (Å²) in [7, 11) is 0. The van der Waals surface area contributed by atoms with Crippen molar-refractivity contribution in [1.29, 1.82) is 0 Å². The summed E-state index contributed by atoms with van der Waals surface area (Å²) >= 11 is 9.45. The van der Waals surface area contributed by atoms with Crippen LogP contribution in [0.5, 0.6) is 0 Å². The molecule has 0 aliphatic carbocycles. The van der Waals surface area contributed by atoms with E-state index < -0.39 is 151 Å². The van der Waals surface area contributed by atoms with E-state index >= 15 is 0 Å². The minimum absolute atomic E-state index is 0.000131. The number of carboxylic acid groups (broad SMARTS) is 2. The van der Waals surface area contributed by atoms with Crippen molar-refractivity contribution >= 4 is 108 Å². The number of aliphatic hydroxyl groups is 2. The fourth-order valence-electron chi connectivity index (χ4n) is 5.77. The second kappa shape index (κ2) is 33.0. The monoisotopic (exact) mass is 1040 g/mol. The van der Waals surface area contributed by atoms with Crippen LogP contribution in [0.4, 0.5) is 0 Å². The molecule has 0 radical (unpaired) electrons. The predicted molar refractivity (Wildman–Crippen MR) is 256 cm³/mol. The Morgan fingerprint density at radius 3 is 1.46 bits per heavy atom. The summed E-state index contributed by atoms with van der Waals surface area (Å²) < 4.78 is 0. The lowest BCUT2D eigenvalue weighted by Gasteiger charge is -2.28. The van der Waals surface area contributed by atoms with Crippen molar-refractivity contribution in [3.05, 3.63) is 0 Å². The molecule has 20 N–H and O–H groups in total. The molecule has 0 rings (SSSR count). The molecule has 31 heteroatoms. The number of hydrogen-bond acceptors (Lipinski definition) is 18. The zero-order valence-corrected chi connectivity index (χ0v) is 41.1. The van der Waals surface area contributed by atoms with Gasteiger partial charge in [0, 0.05) is 18.1 Å². The first-order chi connectivity index (χ1) is 32.2. The molecule has 28 nitrogen and oxygen atoms in total. The molecule has 0 saturated carbocycles. The number of amides is 9. The van der Waals surface area contributed by atoms with Crippen molar-refractivity contribution in [3.63, 3.8) is 0 Å². The first kappa shape index (κ1) is 63.4. The largest absolute Gasteiger partial charge is 0.481 e. The van der Waals surface area contributed by atoms with Crippen LogP contribution in [0.1, 0.15) is 59.3 Å². The Kier molecular flexibility index (Phi) is 30.3. The Morgan fingerprint density at radius 2 is 1.00 bits per heavy atom. The topological polar surface area (TPSA) is 481 Å². The van der Waals surface area contributed by atoms with Crippen molar-refractivity contribution in [3.8, 4) is 0 Å². The third-order valence-electron chi connectivity index (χ3n) is 9.45. The maximum absolute atomic E-state index is 13.7. The van der Waals surface area contributed by atoms with Crippen molar-refractivity contribution in [2.24, 2.45) is 33.8 Å². The highest BCUT2D eigenvalue weighted by Crippen LogP contribution is 2.09. The Balaban J connectivity index is 6.41. The van der Waals surface area contributed by atoms with E-state index in [0.29, 0.717) is 5.75 Å². The van der Waals surface area contributed by atoms with Crippen LogP contribution in [-0.4, -0.2) is 189 Å². The van der Waals surface area contributed by atoms with Gasteiger partial charge in [-0.1, -0.05) is 13.8 Å². The number of nitrogens with zero attached hydrogens (tertiary/aromatic N) is 1. The van der Waals surface area contributed by atoms with Gasteiger partial charge in [-0.05, 0) is 50.5 Å². The fourth-order valence-corrected chi connectivity index (χ4v) is 6.79. The van der Waals surface area contributed by atoms with Gasteiger partial charge in [0.15, 0.2) is 5.96 Å². The standard InChI is InChI=1S/C38H67N13O15S3/c1-16(2)10-20(32(61)49-24(14-67)29(40)58)47-37(66)28(17(3)53)51-34(63)22(12-27(56)57)46-35(64)23(13-52)48-31(60)19(6-5-8-43-38(41)42)44-36(65)25(15-68)50-33(62)21(11-26(54)55)45-30(59)18(39)7-9-69-4/h16-25,28,52-53,67-68H,5-15,39H2,1-4H3,(H2,40,58)(H,44,65)(H,45,59)(H,46,64)(H,47,66)(H,48,60)(H,49,61)(H,50,62)(H,51,63)(H,54,55)(H,56,57)(H4,41,42,43)/t17-,18+,19+,20+,21+,22+,23+,24+,25+,28+/m1/s1. The van der Waals surface area contributed by atoms with E-state index in [1.165, 1.54) is 11.8 Å². The molecule has 9 amide bonds. The number of aliphatic carboxylic acids is 2. The van der Waals surface area contributed by atoms with Crippen molar-refractivity contribution < 1.29 is 73.2 Å². The van der Waals surface area contributed by atoms with Gasteiger partial charge in [-0.2, -0.15) is 37.0 Å². The van der Waals surface area contributed by atoms with E-state index in [1.54, 1.807) is 20.1 Å². The molecule has 0 aromatic carbocycles. The van der Waals surface area contributed by atoms with E-state index in [9.17, 15) is 73.2 Å². The molecule has 0 bridgehead atoms. The number of primary amides is 1. The van der Waals surface area contributed by atoms with Crippen LogP contribution in [0.3, 0.4) is 0 Å². The van der Waals surface area contributed by atoms with Gasteiger partial charge in [-0.3, -0.25) is 57.7 Å². The summed E-state index contributed by atoms with van der Waals surface area (Å²) in [5.74, 6) is -13.6. The van der Waals surface area contributed by atoms with Gasteiger partial charge in [0.25, 0.3) is 0 Å². The number of thioether (sulfide) groups is 1. The number of rotatable bonds is 34. The summed E-state index contributed by atoms with van der Waals surface area (Å²) in [5.41, 5.74) is 21.9. The second-order valence-electron chi connectivity index (χ2n) is 15.8. The third-order valence-corrected chi connectivity index (χ3v) is 10.8. The summed E-state index contributed by atoms with van der Waals surface area (Å²) in [5, 5.41) is 57.5. The van der Waals surface area contributed by atoms with Crippen molar-refractivity contribution in [1.82, 2.24) is 42.5 Å². The van der Waals surface area contributed by atoms with E-state index in [2.05, 4.69) is 72.8 Å². The lowest BCUT2D eigenvalue weighted by Crippen LogP contribution is -2.62. The number of aliphatic imine (C=N–C) groups is 1. The summed E-state index contributed by atoms with van der Waals surface area (Å²) in [4.78, 5) is 145. The average molecular weight is 1040 g/mol. The minimum atomic E-state index is -2.04. The lowest BCUT2D eigenvalue weighted by molar-refractivity contribution is -0.142. The number of carboxylic acids is 2. The minimum Gasteiger partial charge on any atom is -0.481 e. The van der Waals surface area contributed by atoms with E-state index in [1.807, 2.05) is 0 Å². The molecular formula is C38H67N13O15S3. The normalized spacial score (nSPS) is 15.3. The molecule has 0 unspecified atom stereocenters. The Hall–Kier alpha value is -5.63. The highest BCUT2D eigenvalue weighted by atomic mass is 32.2. The quantitative estimate of drug-likeness (QED) is 0.0123. The van der Waals surface area contributed by atoms with Crippen LogP contribution >= 0.6 is 37.0 Å². The van der Waals surface area contributed by atoms with Gasteiger partial charge < -0.3 is 85.9 Å². The van der Waals surface area contributed by atoms with E-state index in [0.717, 1.165) is 6.92 Å². The molecule has 0 heterocycles. The SMILES string of the molecule is CSCC[C@H](N)C(=O)N[C@@H](CC(=O)O)C(=O)N[C@@H](CS)C(=O)N[C@@H](CCCN=C(N)N)C(=O)N[C@@H](CO)C(=O)N[C@@H](CC(=O)O)C(=O)N[C@H](C(=O)N[C@@H](CC(C)C)C(=O)N[C@@H](CS)C(N)=O)[C@@H](C)O. The fraction of sp³-hybridized carbons (Fsp3) is 0.684. The first-order valence-electron chi connectivity index (χ1n) is 21.2. The number of guanidine groups is 1. The smallest absolute Gasteiger partial charge is 0.305 e. The summed E-state index contributed by atoms with van der Waals surface area (Å²) in [6, 6.07) is -14.4. The number of nitrogens with one attached hydrogen (secondary N) is 8. The number of carbonyl (C=O) groups excluding carboxylic acids is 9. The van der Waals surface area contributed by atoms with Crippen LogP contribution in [0.2, 0.25) is 0 Å². The highest BCUT2D eigenvalue weighted by molar-refractivity contribution is 7.98. The van der Waals surface area contributed by atoms with Gasteiger partial charge in [0.2, 0.25) is 53.2 Å². The molecule has 0 aromatic heterocycles. The Labute approximate surface area is 412 Å². The van der Waals surface area contributed by atoms with Gasteiger partial charge in [0.1, 0.15) is 48.3 Å². The van der Waals surface area contributed by atoms with Crippen molar-refractivity contribution in [2.75, 3.05) is 36.7 Å². The summed E-state index contributed by atoms with van der Waals surface area (Å²) in [6.07, 6.45) is -2.03. The molecule has 0 fully saturated rings. The maximum Gasteiger partial charge on any atom is 0.305 e. The number of aliphatic hydroxyl groups excluding tert-OH is 2. The molecule has 0 aromatic rings. The third kappa shape index (κ3) is 25.0. The summed E-state index contributed by atoms with van der Waals surface area (Å²) in [6.45, 7) is 3.23. The molecule has 0 saturated heterocycles. The molecular weight excluding hydrogens is 975 g/mol. The Morgan fingerprint density at radius 1 is 0.580 bits per heavy atom. The zero-order valence-electron chi connectivity index (χ0n) is 38.5. The molecule has 10 atom stereocenters. The van der Waals surface area contributed by atoms with Crippen LogP contribution in [-0.2, 0) is 52.7 Å². The van der Waals surface area contributed by atoms with Gasteiger partial charge in [-0.15, -0.1) is 0 Å². The highest BCUT2D eigenvalue weighted by Gasteiger charge is 2.36. The number of nitrogens with two attached hydrogens (primary N) is 4. The maximum atomic E-state index is 13.7. The number of carbonyl (C=O) groups is 11. The lowest BCUT2D eigenvalue weighted by atomic mass is 10.0. The van der Waals surface area contributed by atoms with Crippen molar-refractivity contribution in [2.45, 2.75) is 120 Å². The van der Waals surface area contributed by atoms with Gasteiger partial charge in [-0.25, -0.2) is 0 Å². The Bertz CT molecular complexity index is 1830. The van der Waals surface area contributed by atoms with Crippen LogP contribution in [0.25, 0.3) is 0 Å². The second-order valence-corrected chi connectivity index (χ2v) is 17.5. The van der Waals surface area contributed by atoms with Gasteiger partial charge in [0.05, 0.1) is 31.6 Å². The van der Waals surface area contributed by atoms with Gasteiger partial charge >= 0.3 is 11.9 Å². The molecule has 0 aliphatic heterocycles.